The van der Waals surface area contributed by atoms with E-state index >= 15 is 0 Å². The summed E-state index contributed by atoms with van der Waals surface area (Å²) in [6.07, 6.45) is 0. The summed E-state index contributed by atoms with van der Waals surface area (Å²) in [5.74, 6) is 0. The van der Waals surface area contributed by atoms with E-state index in [0.29, 0.717) is 0 Å². The van der Waals surface area contributed by atoms with Gasteiger partial charge in [-0.15, -0.1) is 12.6 Å². The van der Waals surface area contributed by atoms with Crippen molar-refractivity contribution in [3.63, 3.8) is 0 Å². The maximum Gasteiger partial charge on any atom is 0.0487 e. The molecule has 76 valence electrons. The summed E-state index contributed by atoms with van der Waals surface area (Å²) in [6, 6.07) is 13.9. The predicted octanol–water partition coefficient (Wildman–Crippen LogP) is 4.60. The Morgan fingerprint density at radius 1 is 1.00 bits per heavy atom. The molecule has 2 heteroatoms. The van der Waals surface area contributed by atoms with Crippen LogP contribution in [0, 0.1) is 6.92 Å². The highest BCUT2D eigenvalue weighted by atomic mass is 35.5. The Hall–Kier alpha value is -0.920. The van der Waals surface area contributed by atoms with Crippen molar-refractivity contribution in [2.45, 2.75) is 11.8 Å². The van der Waals surface area contributed by atoms with E-state index in [2.05, 4.69) is 25.6 Å². The molecule has 0 nitrogen and oxygen atoms in total. The van der Waals surface area contributed by atoms with Gasteiger partial charge >= 0.3 is 0 Å². The number of hydrogen-bond donors (Lipinski definition) is 1. The van der Waals surface area contributed by atoms with Crippen molar-refractivity contribution in [1.82, 2.24) is 0 Å². The predicted molar refractivity (Wildman–Crippen MR) is 68.9 cm³/mol. The highest BCUT2D eigenvalue weighted by Crippen LogP contribution is 2.34. The molecular formula is C13H11ClS. The van der Waals surface area contributed by atoms with Gasteiger partial charge in [0, 0.05) is 15.5 Å². The Balaban J connectivity index is 2.69. The minimum absolute atomic E-state index is 0.775. The number of rotatable bonds is 1. The lowest BCUT2D eigenvalue weighted by atomic mass is 10.0. The van der Waals surface area contributed by atoms with Gasteiger partial charge < -0.3 is 0 Å². The third-order valence-electron chi connectivity index (χ3n) is 2.40. The summed E-state index contributed by atoms with van der Waals surface area (Å²) in [5.41, 5.74) is 3.33. The van der Waals surface area contributed by atoms with E-state index in [0.717, 1.165) is 21.0 Å². The smallest absolute Gasteiger partial charge is 0.0487 e. The summed E-state index contributed by atoms with van der Waals surface area (Å²) in [6.45, 7) is 2.06. The molecule has 0 saturated heterocycles. The fourth-order valence-corrected chi connectivity index (χ4v) is 2.25. The highest BCUT2D eigenvalue weighted by Gasteiger charge is 2.08. The van der Waals surface area contributed by atoms with Gasteiger partial charge in [0.15, 0.2) is 0 Å². The Labute approximate surface area is 100 Å². The summed E-state index contributed by atoms with van der Waals surface area (Å²) in [4.78, 5) is 0.953. The van der Waals surface area contributed by atoms with Gasteiger partial charge in [0.25, 0.3) is 0 Å². The maximum atomic E-state index is 6.20. The molecule has 0 amide bonds. The van der Waals surface area contributed by atoms with Crippen LogP contribution < -0.4 is 0 Å². The van der Waals surface area contributed by atoms with Crippen molar-refractivity contribution in [2.75, 3.05) is 0 Å². The average Bonchev–Trinajstić information content (AvgIpc) is 2.20. The number of halogens is 1. The van der Waals surface area contributed by atoms with Gasteiger partial charge in [-0.25, -0.2) is 0 Å². The molecule has 2 aromatic rings. The zero-order chi connectivity index (χ0) is 10.8. The van der Waals surface area contributed by atoms with Gasteiger partial charge in [-0.3, -0.25) is 0 Å². The monoisotopic (exact) mass is 234 g/mol. The van der Waals surface area contributed by atoms with Gasteiger partial charge in [-0.1, -0.05) is 41.9 Å². The van der Waals surface area contributed by atoms with Gasteiger partial charge in [0.1, 0.15) is 0 Å². The third kappa shape index (κ3) is 2.04. The minimum Gasteiger partial charge on any atom is -0.143 e. The summed E-state index contributed by atoms with van der Waals surface area (Å²) in [7, 11) is 0. The molecular weight excluding hydrogens is 224 g/mol. The number of benzene rings is 2. The SMILES string of the molecule is Cc1cccc(Cl)c1-c1ccccc1S. The Morgan fingerprint density at radius 2 is 1.73 bits per heavy atom. The van der Waals surface area contributed by atoms with Crippen molar-refractivity contribution in [3.8, 4) is 11.1 Å². The molecule has 0 fully saturated rings. The van der Waals surface area contributed by atoms with Gasteiger partial charge in [-0.05, 0) is 30.2 Å². The maximum absolute atomic E-state index is 6.20. The molecule has 0 atom stereocenters. The first-order valence-corrected chi connectivity index (χ1v) is 5.56. The second-order valence-electron chi connectivity index (χ2n) is 3.45. The van der Waals surface area contributed by atoms with E-state index in [4.69, 9.17) is 11.6 Å². The second kappa shape index (κ2) is 4.30. The zero-order valence-electron chi connectivity index (χ0n) is 8.37. The van der Waals surface area contributed by atoms with Crippen LogP contribution in [0.2, 0.25) is 5.02 Å². The first kappa shape index (κ1) is 10.6. The molecule has 0 aliphatic rings. The topological polar surface area (TPSA) is 0 Å². The van der Waals surface area contributed by atoms with Crippen LogP contribution in [-0.2, 0) is 0 Å². The van der Waals surface area contributed by atoms with Crippen molar-refractivity contribution in [3.05, 3.63) is 53.1 Å². The molecule has 0 spiro atoms. The minimum atomic E-state index is 0.775. The molecule has 0 radical (unpaired) electrons. The molecule has 0 unspecified atom stereocenters. The van der Waals surface area contributed by atoms with E-state index in [9.17, 15) is 0 Å². The van der Waals surface area contributed by atoms with Gasteiger partial charge in [0.2, 0.25) is 0 Å². The molecule has 0 saturated carbocycles. The lowest BCUT2D eigenvalue weighted by molar-refractivity contribution is 1.40. The summed E-state index contributed by atoms with van der Waals surface area (Å²) in [5, 5.41) is 0.775. The quantitative estimate of drug-likeness (QED) is 0.685. The first-order chi connectivity index (χ1) is 7.20. The van der Waals surface area contributed by atoms with Crippen LogP contribution in [-0.4, -0.2) is 0 Å². The van der Waals surface area contributed by atoms with E-state index in [1.165, 1.54) is 5.56 Å². The lowest BCUT2D eigenvalue weighted by Crippen LogP contribution is -1.85. The zero-order valence-corrected chi connectivity index (χ0v) is 10.0. The van der Waals surface area contributed by atoms with Crippen LogP contribution in [0.5, 0.6) is 0 Å². The Morgan fingerprint density at radius 3 is 2.40 bits per heavy atom. The van der Waals surface area contributed by atoms with Crippen LogP contribution >= 0.6 is 24.2 Å². The first-order valence-electron chi connectivity index (χ1n) is 4.73. The molecule has 2 rings (SSSR count). The fourth-order valence-electron chi connectivity index (χ4n) is 1.66. The molecule has 0 aliphatic heterocycles. The summed E-state index contributed by atoms with van der Waals surface area (Å²) >= 11 is 10.6. The van der Waals surface area contributed by atoms with Crippen LogP contribution in [0.4, 0.5) is 0 Å². The second-order valence-corrected chi connectivity index (χ2v) is 4.34. The number of thiol groups is 1. The van der Waals surface area contributed by atoms with Crippen molar-refractivity contribution >= 4 is 24.2 Å². The van der Waals surface area contributed by atoms with Gasteiger partial charge in [-0.2, -0.15) is 0 Å². The van der Waals surface area contributed by atoms with E-state index in [1.807, 2.05) is 36.4 Å². The van der Waals surface area contributed by atoms with Crippen LogP contribution in [0.25, 0.3) is 11.1 Å². The van der Waals surface area contributed by atoms with Crippen molar-refractivity contribution < 1.29 is 0 Å². The molecule has 0 bridgehead atoms. The highest BCUT2D eigenvalue weighted by molar-refractivity contribution is 7.80. The average molecular weight is 235 g/mol. The van der Waals surface area contributed by atoms with Crippen molar-refractivity contribution in [2.24, 2.45) is 0 Å². The van der Waals surface area contributed by atoms with Crippen molar-refractivity contribution in [1.29, 1.82) is 0 Å². The molecule has 15 heavy (non-hydrogen) atoms. The number of aryl methyl sites for hydroxylation is 1. The standard InChI is InChI=1S/C13H11ClS/c1-9-5-4-7-11(14)13(9)10-6-2-3-8-12(10)15/h2-8,15H,1H3. The lowest BCUT2D eigenvalue weighted by Gasteiger charge is -2.10. The van der Waals surface area contributed by atoms with Crippen LogP contribution in [0.3, 0.4) is 0 Å². The largest absolute Gasteiger partial charge is 0.143 e. The summed E-state index contributed by atoms with van der Waals surface area (Å²) < 4.78 is 0. The van der Waals surface area contributed by atoms with Crippen LogP contribution in [0.15, 0.2) is 47.4 Å². The molecule has 0 aliphatic carbocycles. The normalized spacial score (nSPS) is 10.3. The third-order valence-corrected chi connectivity index (χ3v) is 3.10. The molecule has 0 aromatic heterocycles. The Bertz CT molecular complexity index is 471. The van der Waals surface area contributed by atoms with E-state index < -0.39 is 0 Å². The molecule has 0 heterocycles. The van der Waals surface area contributed by atoms with E-state index in [1.54, 1.807) is 0 Å². The fraction of sp³-hybridized carbons (Fsp3) is 0.0769. The van der Waals surface area contributed by atoms with Gasteiger partial charge in [0.05, 0.1) is 0 Å². The van der Waals surface area contributed by atoms with E-state index in [-0.39, 0.29) is 0 Å². The number of hydrogen-bond acceptors (Lipinski definition) is 1. The molecule has 2 aromatic carbocycles. The van der Waals surface area contributed by atoms with Crippen LogP contribution in [0.1, 0.15) is 5.56 Å². The molecule has 0 N–H and O–H groups in total. The Kier molecular flexibility index (Phi) is 3.03.